The zero-order chi connectivity index (χ0) is 10.1. The quantitative estimate of drug-likeness (QED) is 0.622. The molecule has 1 amide bonds. The summed E-state index contributed by atoms with van der Waals surface area (Å²) in [6, 6.07) is 0.107. The summed E-state index contributed by atoms with van der Waals surface area (Å²) >= 11 is 0. The minimum absolute atomic E-state index is 0.0777. The van der Waals surface area contributed by atoms with Crippen LogP contribution in [0.2, 0.25) is 0 Å². The zero-order valence-corrected chi connectivity index (χ0v) is 8.05. The van der Waals surface area contributed by atoms with Crippen molar-refractivity contribution >= 4 is 5.91 Å². The topological polar surface area (TPSA) is 77.0 Å². The van der Waals surface area contributed by atoms with Gasteiger partial charge in [-0.05, 0) is 6.42 Å². The normalized spacial score (nSPS) is 21.6. The van der Waals surface area contributed by atoms with Crippen LogP contribution in [-0.4, -0.2) is 44.9 Å². The van der Waals surface area contributed by atoms with Gasteiger partial charge in [-0.2, -0.15) is 9.90 Å². The molecule has 1 aliphatic rings. The van der Waals surface area contributed by atoms with E-state index in [4.69, 9.17) is 5.73 Å². The lowest BCUT2D eigenvalue weighted by Gasteiger charge is -2.13. The van der Waals surface area contributed by atoms with Crippen molar-refractivity contribution in [2.24, 2.45) is 12.8 Å². The summed E-state index contributed by atoms with van der Waals surface area (Å²) in [6.45, 7) is 1.34. The van der Waals surface area contributed by atoms with E-state index in [0.29, 0.717) is 12.2 Å². The fraction of sp³-hybridized carbons (Fsp3) is 0.625. The van der Waals surface area contributed by atoms with Crippen LogP contribution in [0.1, 0.15) is 16.9 Å². The second-order valence-corrected chi connectivity index (χ2v) is 3.52. The van der Waals surface area contributed by atoms with Crippen molar-refractivity contribution in [1.29, 1.82) is 0 Å². The summed E-state index contributed by atoms with van der Waals surface area (Å²) in [7, 11) is 1.69. The number of nitrogens with zero attached hydrogens (tertiary/aromatic N) is 4. The number of likely N-dealkylation sites (tertiary alicyclic amines) is 1. The largest absolute Gasteiger partial charge is 0.336 e. The molecule has 14 heavy (non-hydrogen) atoms. The fourth-order valence-corrected chi connectivity index (χ4v) is 1.58. The van der Waals surface area contributed by atoms with Crippen LogP contribution in [0.15, 0.2) is 6.20 Å². The van der Waals surface area contributed by atoms with Crippen LogP contribution in [0, 0.1) is 0 Å². The number of aryl methyl sites for hydroxylation is 1. The van der Waals surface area contributed by atoms with Gasteiger partial charge in [0, 0.05) is 26.2 Å². The van der Waals surface area contributed by atoms with Gasteiger partial charge < -0.3 is 10.6 Å². The Morgan fingerprint density at radius 1 is 1.71 bits per heavy atom. The number of aromatic nitrogens is 3. The number of nitrogens with two attached hydrogens (primary N) is 1. The lowest BCUT2D eigenvalue weighted by Crippen LogP contribution is -2.32. The number of hydrogen-bond acceptors (Lipinski definition) is 4. The van der Waals surface area contributed by atoms with E-state index in [0.717, 1.165) is 13.0 Å². The SMILES string of the molecule is Cn1ncc(C(=O)N2CC[C@@H](N)C2)n1. The Morgan fingerprint density at radius 2 is 2.50 bits per heavy atom. The average molecular weight is 195 g/mol. The first-order valence-corrected chi connectivity index (χ1v) is 4.58. The van der Waals surface area contributed by atoms with Crippen LogP contribution >= 0.6 is 0 Å². The molecule has 0 aliphatic carbocycles. The minimum atomic E-state index is -0.0777. The van der Waals surface area contributed by atoms with Crippen molar-refractivity contribution in [2.45, 2.75) is 12.5 Å². The van der Waals surface area contributed by atoms with E-state index in [1.54, 1.807) is 11.9 Å². The molecule has 0 radical (unpaired) electrons. The molecular weight excluding hydrogens is 182 g/mol. The molecule has 1 saturated heterocycles. The van der Waals surface area contributed by atoms with Gasteiger partial charge in [0.1, 0.15) is 0 Å². The molecule has 0 saturated carbocycles. The second-order valence-electron chi connectivity index (χ2n) is 3.52. The number of amides is 1. The van der Waals surface area contributed by atoms with Crippen molar-refractivity contribution in [2.75, 3.05) is 13.1 Å². The van der Waals surface area contributed by atoms with E-state index in [9.17, 15) is 4.79 Å². The van der Waals surface area contributed by atoms with Gasteiger partial charge in [0.05, 0.1) is 6.20 Å². The fourth-order valence-electron chi connectivity index (χ4n) is 1.58. The number of carbonyl (C=O) groups excluding carboxylic acids is 1. The highest BCUT2D eigenvalue weighted by Crippen LogP contribution is 2.10. The molecule has 1 aromatic rings. The van der Waals surface area contributed by atoms with Crippen LogP contribution in [0.4, 0.5) is 0 Å². The Morgan fingerprint density at radius 3 is 3.00 bits per heavy atom. The summed E-state index contributed by atoms with van der Waals surface area (Å²) in [5.41, 5.74) is 6.10. The first-order valence-electron chi connectivity index (χ1n) is 4.58. The predicted octanol–water partition coefficient (Wildman–Crippen LogP) is -1.01. The Hall–Kier alpha value is -1.43. The molecule has 6 heteroatoms. The summed E-state index contributed by atoms with van der Waals surface area (Å²) in [6.07, 6.45) is 2.35. The first-order chi connectivity index (χ1) is 6.66. The van der Waals surface area contributed by atoms with Gasteiger partial charge in [0.2, 0.25) is 0 Å². The molecule has 2 rings (SSSR count). The van der Waals surface area contributed by atoms with Crippen LogP contribution in [0.5, 0.6) is 0 Å². The molecule has 1 atom stereocenters. The van der Waals surface area contributed by atoms with Crippen molar-refractivity contribution in [1.82, 2.24) is 19.9 Å². The average Bonchev–Trinajstić information content (AvgIpc) is 2.73. The third kappa shape index (κ3) is 1.60. The molecule has 0 spiro atoms. The smallest absolute Gasteiger partial charge is 0.276 e. The van der Waals surface area contributed by atoms with Gasteiger partial charge in [-0.25, -0.2) is 0 Å². The van der Waals surface area contributed by atoms with Gasteiger partial charge in [-0.15, -0.1) is 5.10 Å². The summed E-state index contributed by atoms with van der Waals surface area (Å²) in [4.78, 5) is 14.9. The Labute approximate surface area is 81.7 Å². The molecular formula is C8H13N5O. The van der Waals surface area contributed by atoms with Crippen LogP contribution in [0.3, 0.4) is 0 Å². The number of rotatable bonds is 1. The first kappa shape index (κ1) is 9.14. The maximum atomic E-state index is 11.8. The zero-order valence-electron chi connectivity index (χ0n) is 8.05. The van der Waals surface area contributed by atoms with E-state index >= 15 is 0 Å². The predicted molar refractivity (Wildman–Crippen MR) is 49.5 cm³/mol. The van der Waals surface area contributed by atoms with Crippen molar-refractivity contribution in [3.8, 4) is 0 Å². The van der Waals surface area contributed by atoms with Gasteiger partial charge in [0.25, 0.3) is 5.91 Å². The molecule has 6 nitrogen and oxygen atoms in total. The molecule has 1 fully saturated rings. The highest BCUT2D eigenvalue weighted by molar-refractivity contribution is 5.92. The molecule has 0 unspecified atom stereocenters. The van der Waals surface area contributed by atoms with Gasteiger partial charge in [-0.3, -0.25) is 4.79 Å². The molecule has 2 heterocycles. The molecule has 1 aromatic heterocycles. The second kappa shape index (κ2) is 3.38. The van der Waals surface area contributed by atoms with Crippen molar-refractivity contribution in [3.05, 3.63) is 11.9 Å². The van der Waals surface area contributed by atoms with E-state index in [2.05, 4.69) is 10.2 Å². The maximum absolute atomic E-state index is 11.8. The molecule has 2 N–H and O–H groups in total. The Kier molecular flexibility index (Phi) is 2.20. The lowest BCUT2D eigenvalue weighted by molar-refractivity contribution is 0.0784. The van der Waals surface area contributed by atoms with Gasteiger partial charge >= 0.3 is 0 Å². The van der Waals surface area contributed by atoms with Gasteiger partial charge in [-0.1, -0.05) is 0 Å². The van der Waals surface area contributed by atoms with Crippen molar-refractivity contribution in [3.63, 3.8) is 0 Å². The third-order valence-corrected chi connectivity index (χ3v) is 2.33. The standard InChI is InChI=1S/C8H13N5O/c1-12-10-4-7(11-12)8(14)13-3-2-6(9)5-13/h4,6H,2-3,5,9H2,1H3/t6-/m1/s1. The monoisotopic (exact) mass is 195 g/mol. The van der Waals surface area contributed by atoms with Crippen LogP contribution < -0.4 is 5.73 Å². The van der Waals surface area contributed by atoms with Crippen LogP contribution in [0.25, 0.3) is 0 Å². The third-order valence-electron chi connectivity index (χ3n) is 2.33. The van der Waals surface area contributed by atoms with Crippen molar-refractivity contribution < 1.29 is 4.79 Å². The van der Waals surface area contributed by atoms with E-state index < -0.39 is 0 Å². The lowest BCUT2D eigenvalue weighted by atomic mass is 10.3. The van der Waals surface area contributed by atoms with E-state index in [1.807, 2.05) is 0 Å². The summed E-state index contributed by atoms with van der Waals surface area (Å²) < 4.78 is 0. The highest BCUT2D eigenvalue weighted by atomic mass is 16.2. The number of carbonyl (C=O) groups is 1. The molecule has 76 valence electrons. The van der Waals surface area contributed by atoms with Crippen LogP contribution in [-0.2, 0) is 7.05 Å². The maximum Gasteiger partial charge on any atom is 0.276 e. The number of hydrogen-bond donors (Lipinski definition) is 1. The minimum Gasteiger partial charge on any atom is -0.336 e. The molecule has 0 aromatic carbocycles. The molecule has 1 aliphatic heterocycles. The Balaban J connectivity index is 2.09. The Bertz CT molecular complexity index is 347. The van der Waals surface area contributed by atoms with E-state index in [1.165, 1.54) is 11.0 Å². The van der Waals surface area contributed by atoms with Gasteiger partial charge in [0.15, 0.2) is 5.69 Å². The highest BCUT2D eigenvalue weighted by Gasteiger charge is 2.25. The summed E-state index contributed by atoms with van der Waals surface area (Å²) in [5.74, 6) is -0.0777. The molecule has 0 bridgehead atoms. The van der Waals surface area contributed by atoms with E-state index in [-0.39, 0.29) is 11.9 Å². The summed E-state index contributed by atoms with van der Waals surface area (Å²) in [5, 5.41) is 7.81.